The van der Waals surface area contributed by atoms with Gasteiger partial charge in [-0.2, -0.15) is 0 Å². The minimum atomic E-state index is -0.501. The van der Waals surface area contributed by atoms with Crippen LogP contribution in [-0.4, -0.2) is 65.4 Å². The van der Waals surface area contributed by atoms with Crippen molar-refractivity contribution in [3.63, 3.8) is 0 Å². The third-order valence-corrected chi connectivity index (χ3v) is 4.51. The van der Waals surface area contributed by atoms with Gasteiger partial charge in [0.05, 0.1) is 0 Å². The predicted octanol–water partition coefficient (Wildman–Crippen LogP) is 1.66. The van der Waals surface area contributed by atoms with Crippen molar-refractivity contribution in [1.82, 2.24) is 14.9 Å². The van der Waals surface area contributed by atoms with Gasteiger partial charge in [0.1, 0.15) is 18.5 Å². The number of aromatic nitrogens is 2. The molecule has 1 aromatic heterocycles. The Hall–Kier alpha value is -2.18. The first-order valence-electron chi connectivity index (χ1n) is 8.75. The van der Waals surface area contributed by atoms with Crippen molar-refractivity contribution < 1.29 is 9.84 Å². The van der Waals surface area contributed by atoms with Crippen LogP contribution in [0.3, 0.4) is 0 Å². The zero-order valence-corrected chi connectivity index (χ0v) is 14.9. The molecule has 0 aliphatic carbocycles. The fourth-order valence-corrected chi connectivity index (χ4v) is 3.14. The second-order valence-electron chi connectivity index (χ2n) is 6.52. The van der Waals surface area contributed by atoms with E-state index in [1.54, 1.807) is 12.4 Å². The van der Waals surface area contributed by atoms with Gasteiger partial charge in [-0.15, -0.1) is 0 Å². The molecule has 0 amide bonds. The molecule has 0 bridgehead atoms. The number of nitrogens with zero attached hydrogens (tertiary/aromatic N) is 4. The molecule has 3 rings (SSSR count). The standard InChI is InChI=1S/C19H26N4O2/c1-15-5-3-6-16(2)18(15)25-14-17(24)13-22-9-11-23(12-10-22)19-20-7-4-8-21-19/h3-8,17,24H,9-14H2,1-2H3. The second-order valence-corrected chi connectivity index (χ2v) is 6.52. The first kappa shape index (κ1) is 17.6. The largest absolute Gasteiger partial charge is 0.490 e. The second kappa shape index (κ2) is 8.27. The summed E-state index contributed by atoms with van der Waals surface area (Å²) in [5.41, 5.74) is 2.20. The van der Waals surface area contributed by atoms with Crippen LogP contribution in [0.15, 0.2) is 36.7 Å². The van der Waals surface area contributed by atoms with Crippen LogP contribution in [0.25, 0.3) is 0 Å². The van der Waals surface area contributed by atoms with Crippen LogP contribution in [0.5, 0.6) is 5.75 Å². The lowest BCUT2D eigenvalue weighted by Crippen LogP contribution is -2.49. The summed E-state index contributed by atoms with van der Waals surface area (Å²) in [6.45, 7) is 8.50. The van der Waals surface area contributed by atoms with E-state index in [-0.39, 0.29) is 0 Å². The molecule has 6 nitrogen and oxygen atoms in total. The van der Waals surface area contributed by atoms with Crippen LogP contribution in [0, 0.1) is 13.8 Å². The van der Waals surface area contributed by atoms with E-state index in [1.807, 2.05) is 38.1 Å². The number of β-amino-alcohol motifs (C(OH)–C–C–N with tert-alkyl or cyclic N) is 1. The highest BCUT2D eigenvalue weighted by atomic mass is 16.5. The van der Waals surface area contributed by atoms with Gasteiger partial charge in [-0.1, -0.05) is 18.2 Å². The van der Waals surface area contributed by atoms with Gasteiger partial charge in [0, 0.05) is 45.1 Å². The maximum absolute atomic E-state index is 10.3. The van der Waals surface area contributed by atoms with E-state index in [0.717, 1.165) is 49.0 Å². The van der Waals surface area contributed by atoms with Crippen LogP contribution in [0.4, 0.5) is 5.95 Å². The summed E-state index contributed by atoms with van der Waals surface area (Å²) in [5.74, 6) is 1.66. The molecule has 134 valence electrons. The van der Waals surface area contributed by atoms with E-state index >= 15 is 0 Å². The van der Waals surface area contributed by atoms with Crippen molar-refractivity contribution in [2.45, 2.75) is 20.0 Å². The number of ether oxygens (including phenoxy) is 1. The Balaban J connectivity index is 1.44. The third kappa shape index (κ3) is 4.67. The van der Waals surface area contributed by atoms with E-state index in [4.69, 9.17) is 4.74 Å². The number of hydrogen-bond acceptors (Lipinski definition) is 6. The van der Waals surface area contributed by atoms with Crippen molar-refractivity contribution in [3.8, 4) is 5.75 Å². The van der Waals surface area contributed by atoms with Gasteiger partial charge >= 0.3 is 0 Å². The highest BCUT2D eigenvalue weighted by Gasteiger charge is 2.21. The SMILES string of the molecule is Cc1cccc(C)c1OCC(O)CN1CCN(c2ncccn2)CC1. The number of benzene rings is 1. The molecule has 1 aliphatic heterocycles. The van der Waals surface area contributed by atoms with Crippen LogP contribution in [0.2, 0.25) is 0 Å². The number of anilines is 1. The Labute approximate surface area is 149 Å². The predicted molar refractivity (Wildman–Crippen MR) is 98.1 cm³/mol. The highest BCUT2D eigenvalue weighted by Crippen LogP contribution is 2.22. The summed E-state index contributed by atoms with van der Waals surface area (Å²) in [6.07, 6.45) is 3.03. The van der Waals surface area contributed by atoms with E-state index in [9.17, 15) is 5.11 Å². The molecule has 1 aromatic carbocycles. The normalized spacial score (nSPS) is 16.7. The van der Waals surface area contributed by atoms with Gasteiger partial charge in [0.25, 0.3) is 0 Å². The lowest BCUT2D eigenvalue weighted by molar-refractivity contribution is 0.0657. The van der Waals surface area contributed by atoms with Gasteiger partial charge in [-0.3, -0.25) is 4.90 Å². The fraction of sp³-hybridized carbons (Fsp3) is 0.474. The number of para-hydroxylation sites is 1. The molecular weight excluding hydrogens is 316 g/mol. The Morgan fingerprint density at radius 1 is 1.04 bits per heavy atom. The maximum Gasteiger partial charge on any atom is 0.225 e. The van der Waals surface area contributed by atoms with Gasteiger partial charge in [-0.25, -0.2) is 9.97 Å². The van der Waals surface area contributed by atoms with Gasteiger partial charge in [0.15, 0.2) is 0 Å². The number of hydrogen-bond donors (Lipinski definition) is 1. The maximum atomic E-state index is 10.3. The van der Waals surface area contributed by atoms with Crippen molar-refractivity contribution in [2.24, 2.45) is 0 Å². The summed E-state index contributed by atoms with van der Waals surface area (Å²) in [6, 6.07) is 7.90. The van der Waals surface area contributed by atoms with Crippen LogP contribution in [0.1, 0.15) is 11.1 Å². The molecule has 25 heavy (non-hydrogen) atoms. The lowest BCUT2D eigenvalue weighted by atomic mass is 10.1. The Kier molecular flexibility index (Phi) is 5.83. The van der Waals surface area contributed by atoms with Crippen molar-refractivity contribution in [1.29, 1.82) is 0 Å². The van der Waals surface area contributed by atoms with Gasteiger partial charge in [-0.05, 0) is 31.0 Å². The minimum Gasteiger partial charge on any atom is -0.490 e. The molecule has 0 spiro atoms. The molecule has 1 unspecified atom stereocenters. The Bertz CT molecular complexity index is 652. The van der Waals surface area contributed by atoms with Crippen LogP contribution in [-0.2, 0) is 0 Å². The molecule has 0 radical (unpaired) electrons. The Morgan fingerprint density at radius 3 is 2.32 bits per heavy atom. The summed E-state index contributed by atoms with van der Waals surface area (Å²) in [7, 11) is 0. The molecule has 2 heterocycles. The average Bonchev–Trinajstić information content (AvgIpc) is 2.63. The fourth-order valence-electron chi connectivity index (χ4n) is 3.14. The first-order valence-corrected chi connectivity index (χ1v) is 8.75. The molecule has 1 atom stereocenters. The van der Waals surface area contributed by atoms with Gasteiger partial charge in [0.2, 0.25) is 5.95 Å². The molecular formula is C19H26N4O2. The quantitative estimate of drug-likeness (QED) is 0.861. The van der Waals surface area contributed by atoms with E-state index in [1.165, 1.54) is 0 Å². The summed E-state index contributed by atoms with van der Waals surface area (Å²) >= 11 is 0. The summed E-state index contributed by atoms with van der Waals surface area (Å²) in [5, 5.41) is 10.3. The molecule has 1 saturated heterocycles. The zero-order chi connectivity index (χ0) is 17.6. The van der Waals surface area contributed by atoms with Crippen LogP contribution >= 0.6 is 0 Å². The number of rotatable bonds is 6. The monoisotopic (exact) mass is 342 g/mol. The molecule has 2 aromatic rings. The lowest BCUT2D eigenvalue weighted by Gasteiger charge is -2.35. The Morgan fingerprint density at radius 2 is 1.68 bits per heavy atom. The average molecular weight is 342 g/mol. The number of aliphatic hydroxyl groups excluding tert-OH is 1. The highest BCUT2D eigenvalue weighted by molar-refractivity contribution is 5.39. The minimum absolute atomic E-state index is 0.313. The molecule has 6 heteroatoms. The summed E-state index contributed by atoms with van der Waals surface area (Å²) < 4.78 is 5.85. The van der Waals surface area contributed by atoms with E-state index in [0.29, 0.717) is 13.2 Å². The first-order chi connectivity index (χ1) is 12.1. The molecule has 1 N–H and O–H groups in total. The summed E-state index contributed by atoms with van der Waals surface area (Å²) in [4.78, 5) is 13.0. The van der Waals surface area contributed by atoms with Crippen molar-refractivity contribution >= 4 is 5.95 Å². The van der Waals surface area contributed by atoms with Crippen LogP contribution < -0.4 is 9.64 Å². The number of piperazine rings is 1. The van der Waals surface area contributed by atoms with E-state index < -0.39 is 6.10 Å². The molecule has 0 saturated carbocycles. The van der Waals surface area contributed by atoms with Crippen molar-refractivity contribution in [2.75, 3.05) is 44.2 Å². The van der Waals surface area contributed by atoms with Gasteiger partial charge < -0.3 is 14.7 Å². The van der Waals surface area contributed by atoms with E-state index in [2.05, 4.69) is 19.8 Å². The third-order valence-electron chi connectivity index (χ3n) is 4.51. The number of aryl methyl sites for hydroxylation is 2. The van der Waals surface area contributed by atoms with Crippen molar-refractivity contribution in [3.05, 3.63) is 47.8 Å². The number of aliphatic hydroxyl groups is 1. The smallest absolute Gasteiger partial charge is 0.225 e. The topological polar surface area (TPSA) is 61.7 Å². The molecule has 1 aliphatic rings. The molecule has 1 fully saturated rings. The zero-order valence-electron chi connectivity index (χ0n) is 14.9.